The number of ether oxygens (including phenoxy) is 1. The number of rotatable bonds is 4. The van der Waals surface area contributed by atoms with Crippen molar-refractivity contribution in [2.75, 3.05) is 6.61 Å². The second kappa shape index (κ2) is 5.43. The van der Waals surface area contributed by atoms with Gasteiger partial charge in [0.25, 0.3) is 0 Å². The fourth-order valence-electron chi connectivity index (χ4n) is 2.10. The van der Waals surface area contributed by atoms with E-state index in [0.717, 1.165) is 11.3 Å². The van der Waals surface area contributed by atoms with Crippen molar-refractivity contribution in [3.8, 4) is 5.75 Å². The second-order valence-corrected chi connectivity index (χ2v) is 5.33. The summed E-state index contributed by atoms with van der Waals surface area (Å²) >= 11 is 1.73. The lowest BCUT2D eigenvalue weighted by atomic mass is 10.1. The summed E-state index contributed by atoms with van der Waals surface area (Å²) in [5, 5.41) is 3.34. The van der Waals surface area contributed by atoms with Crippen LogP contribution in [0.25, 0.3) is 10.1 Å². The molecule has 2 nitrogen and oxygen atoms in total. The molecule has 0 spiro atoms. The molecule has 1 heterocycles. The SMILES string of the molecule is NC(COc1ccccc1)c1cccc2ccsc12. The van der Waals surface area contributed by atoms with Gasteiger partial charge in [0, 0.05) is 4.70 Å². The molecule has 2 N–H and O–H groups in total. The van der Waals surface area contributed by atoms with E-state index in [0.29, 0.717) is 6.61 Å². The van der Waals surface area contributed by atoms with Crippen LogP contribution in [0.3, 0.4) is 0 Å². The minimum Gasteiger partial charge on any atom is -0.492 e. The lowest BCUT2D eigenvalue weighted by Gasteiger charge is -2.14. The largest absolute Gasteiger partial charge is 0.492 e. The molecule has 2 aromatic carbocycles. The topological polar surface area (TPSA) is 35.2 Å². The molecule has 1 aromatic heterocycles. The number of thiophene rings is 1. The average Bonchev–Trinajstić information content (AvgIpc) is 2.94. The van der Waals surface area contributed by atoms with Crippen LogP contribution in [-0.2, 0) is 0 Å². The molecule has 19 heavy (non-hydrogen) atoms. The quantitative estimate of drug-likeness (QED) is 0.777. The van der Waals surface area contributed by atoms with Gasteiger partial charge in [0.15, 0.2) is 0 Å². The Morgan fingerprint density at radius 3 is 2.68 bits per heavy atom. The van der Waals surface area contributed by atoms with E-state index in [1.807, 2.05) is 36.4 Å². The fourth-order valence-corrected chi connectivity index (χ4v) is 3.08. The summed E-state index contributed by atoms with van der Waals surface area (Å²) in [4.78, 5) is 0. The Balaban J connectivity index is 1.77. The van der Waals surface area contributed by atoms with Crippen molar-refractivity contribution in [2.24, 2.45) is 5.73 Å². The summed E-state index contributed by atoms with van der Waals surface area (Å²) < 4.78 is 6.98. The third kappa shape index (κ3) is 2.62. The molecular weight excluding hydrogens is 254 g/mol. The monoisotopic (exact) mass is 269 g/mol. The standard InChI is InChI=1S/C16H15NOS/c17-15(11-18-13-6-2-1-3-7-13)14-8-4-5-12-9-10-19-16(12)14/h1-10,15H,11,17H2. The predicted molar refractivity (Wildman–Crippen MR) is 80.7 cm³/mol. The number of nitrogens with two attached hydrogens (primary N) is 1. The molecule has 0 saturated carbocycles. The maximum absolute atomic E-state index is 6.25. The van der Waals surface area contributed by atoms with Gasteiger partial charge in [-0.05, 0) is 34.5 Å². The van der Waals surface area contributed by atoms with Gasteiger partial charge in [0.1, 0.15) is 12.4 Å². The van der Waals surface area contributed by atoms with Gasteiger partial charge >= 0.3 is 0 Å². The van der Waals surface area contributed by atoms with Crippen LogP contribution >= 0.6 is 11.3 Å². The molecule has 3 heteroatoms. The van der Waals surface area contributed by atoms with Gasteiger partial charge < -0.3 is 10.5 Å². The van der Waals surface area contributed by atoms with Gasteiger partial charge in [-0.1, -0.05) is 36.4 Å². The molecule has 0 bridgehead atoms. The highest BCUT2D eigenvalue weighted by Crippen LogP contribution is 2.28. The van der Waals surface area contributed by atoms with Gasteiger partial charge in [-0.3, -0.25) is 0 Å². The Morgan fingerprint density at radius 2 is 1.84 bits per heavy atom. The normalized spacial score (nSPS) is 12.5. The third-order valence-electron chi connectivity index (χ3n) is 3.08. The molecule has 0 aliphatic heterocycles. The molecule has 0 aliphatic carbocycles. The van der Waals surface area contributed by atoms with Crippen LogP contribution in [0.15, 0.2) is 60.0 Å². The minimum atomic E-state index is -0.109. The summed E-state index contributed by atoms with van der Waals surface area (Å²) in [6.45, 7) is 0.487. The Morgan fingerprint density at radius 1 is 1.00 bits per heavy atom. The van der Waals surface area contributed by atoms with Gasteiger partial charge in [-0.15, -0.1) is 11.3 Å². The molecule has 1 atom stereocenters. The van der Waals surface area contributed by atoms with Crippen molar-refractivity contribution in [2.45, 2.75) is 6.04 Å². The van der Waals surface area contributed by atoms with E-state index in [2.05, 4.69) is 23.6 Å². The van der Waals surface area contributed by atoms with E-state index >= 15 is 0 Å². The summed E-state index contributed by atoms with van der Waals surface area (Å²) in [5.74, 6) is 0.858. The van der Waals surface area contributed by atoms with Crippen LogP contribution in [0.2, 0.25) is 0 Å². The zero-order valence-corrected chi connectivity index (χ0v) is 11.3. The van der Waals surface area contributed by atoms with Crippen LogP contribution in [0.1, 0.15) is 11.6 Å². The smallest absolute Gasteiger partial charge is 0.119 e. The Kier molecular flexibility index (Phi) is 3.49. The molecular formula is C16H15NOS. The van der Waals surface area contributed by atoms with Gasteiger partial charge in [0.05, 0.1) is 6.04 Å². The Bertz CT molecular complexity index is 663. The van der Waals surface area contributed by atoms with Gasteiger partial charge in [0.2, 0.25) is 0 Å². The maximum Gasteiger partial charge on any atom is 0.119 e. The Labute approximate surface area is 116 Å². The first kappa shape index (κ1) is 12.2. The van der Waals surface area contributed by atoms with Crippen molar-refractivity contribution >= 4 is 21.4 Å². The lowest BCUT2D eigenvalue weighted by Crippen LogP contribution is -2.19. The zero-order chi connectivity index (χ0) is 13.1. The van der Waals surface area contributed by atoms with Crippen LogP contribution < -0.4 is 10.5 Å². The summed E-state index contributed by atoms with van der Waals surface area (Å²) in [5.41, 5.74) is 7.41. The van der Waals surface area contributed by atoms with Crippen LogP contribution in [0, 0.1) is 0 Å². The van der Waals surface area contributed by atoms with Crippen molar-refractivity contribution in [3.05, 3.63) is 65.5 Å². The fraction of sp³-hybridized carbons (Fsp3) is 0.125. The molecule has 0 saturated heterocycles. The summed E-state index contributed by atoms with van der Waals surface area (Å²) in [7, 11) is 0. The predicted octanol–water partition coefficient (Wildman–Crippen LogP) is 3.98. The molecule has 96 valence electrons. The number of hydrogen-bond acceptors (Lipinski definition) is 3. The average molecular weight is 269 g/mol. The highest BCUT2D eigenvalue weighted by atomic mass is 32.1. The first-order valence-electron chi connectivity index (χ1n) is 6.24. The third-order valence-corrected chi connectivity index (χ3v) is 4.06. The van der Waals surface area contributed by atoms with E-state index in [-0.39, 0.29) is 6.04 Å². The van der Waals surface area contributed by atoms with E-state index in [4.69, 9.17) is 10.5 Å². The molecule has 0 fully saturated rings. The molecule has 1 unspecified atom stereocenters. The van der Waals surface area contributed by atoms with Crippen LogP contribution in [0.4, 0.5) is 0 Å². The first-order valence-corrected chi connectivity index (χ1v) is 7.12. The minimum absolute atomic E-state index is 0.109. The van der Waals surface area contributed by atoms with Gasteiger partial charge in [-0.2, -0.15) is 0 Å². The first-order chi connectivity index (χ1) is 9.34. The lowest BCUT2D eigenvalue weighted by molar-refractivity contribution is 0.291. The molecule has 0 amide bonds. The van der Waals surface area contributed by atoms with Crippen LogP contribution in [0.5, 0.6) is 5.75 Å². The van der Waals surface area contributed by atoms with Crippen molar-refractivity contribution in [1.82, 2.24) is 0 Å². The molecule has 3 rings (SSSR count). The zero-order valence-electron chi connectivity index (χ0n) is 10.5. The molecule has 3 aromatic rings. The summed E-state index contributed by atoms with van der Waals surface area (Å²) in [6, 6.07) is 18.0. The number of fused-ring (bicyclic) bond motifs is 1. The highest BCUT2D eigenvalue weighted by Gasteiger charge is 2.11. The Hall–Kier alpha value is -1.84. The van der Waals surface area contributed by atoms with E-state index in [1.165, 1.54) is 10.1 Å². The maximum atomic E-state index is 6.25. The van der Waals surface area contributed by atoms with Crippen molar-refractivity contribution in [3.63, 3.8) is 0 Å². The second-order valence-electron chi connectivity index (χ2n) is 4.42. The number of para-hydroxylation sites is 1. The summed E-state index contributed by atoms with van der Waals surface area (Å²) in [6.07, 6.45) is 0. The van der Waals surface area contributed by atoms with Crippen molar-refractivity contribution < 1.29 is 4.74 Å². The van der Waals surface area contributed by atoms with E-state index in [9.17, 15) is 0 Å². The van der Waals surface area contributed by atoms with Gasteiger partial charge in [-0.25, -0.2) is 0 Å². The van der Waals surface area contributed by atoms with E-state index in [1.54, 1.807) is 11.3 Å². The molecule has 0 aliphatic rings. The van der Waals surface area contributed by atoms with E-state index < -0.39 is 0 Å². The number of hydrogen-bond donors (Lipinski definition) is 1. The highest BCUT2D eigenvalue weighted by molar-refractivity contribution is 7.17. The molecule has 0 radical (unpaired) electrons. The van der Waals surface area contributed by atoms with Crippen LogP contribution in [-0.4, -0.2) is 6.61 Å². The number of benzene rings is 2. The van der Waals surface area contributed by atoms with Crippen molar-refractivity contribution in [1.29, 1.82) is 0 Å².